The molecule has 0 saturated heterocycles. The van der Waals surface area contributed by atoms with Crippen LogP contribution in [0.3, 0.4) is 0 Å². The Bertz CT molecular complexity index is 891. The number of rotatable bonds is 1. The Balaban J connectivity index is 1.98. The molecule has 3 nitrogen and oxygen atoms in total. The lowest BCUT2D eigenvalue weighted by Gasteiger charge is -2.04. The lowest BCUT2D eigenvalue weighted by atomic mass is 10.1. The van der Waals surface area contributed by atoms with Crippen LogP contribution in [0.25, 0.3) is 33.3 Å². The van der Waals surface area contributed by atoms with Crippen molar-refractivity contribution in [2.45, 2.75) is 0 Å². The number of fused-ring (bicyclic) bond motifs is 2. The Morgan fingerprint density at radius 2 is 1.55 bits per heavy atom. The maximum absolute atomic E-state index is 6.14. The minimum atomic E-state index is 0.564. The summed E-state index contributed by atoms with van der Waals surface area (Å²) in [5.74, 6) is 0.564. The van der Waals surface area contributed by atoms with Crippen LogP contribution in [0.1, 0.15) is 0 Å². The predicted octanol–water partition coefficient (Wildman–Crippen LogP) is 4.23. The molecule has 4 rings (SSSR count). The fourth-order valence-electron chi connectivity index (χ4n) is 2.43. The molecule has 0 aliphatic rings. The first-order chi connectivity index (χ1) is 9.81. The van der Waals surface area contributed by atoms with E-state index in [1.165, 1.54) is 0 Å². The van der Waals surface area contributed by atoms with Crippen molar-refractivity contribution in [1.82, 2.24) is 4.98 Å². The van der Waals surface area contributed by atoms with E-state index >= 15 is 0 Å². The standard InChI is InChI=1S/C17H12N2O/c18-14-10-12-6-2-1-5-11(12)9-13(14)17-19-15-7-3-4-8-16(15)20-17/h1-10H,18H2. The molecule has 0 aliphatic heterocycles. The van der Waals surface area contributed by atoms with E-state index in [1.54, 1.807) is 0 Å². The number of hydrogen-bond donors (Lipinski definition) is 1. The van der Waals surface area contributed by atoms with Gasteiger partial charge in [0, 0.05) is 5.69 Å². The molecule has 3 heteroatoms. The number of nitrogen functional groups attached to an aromatic ring is 1. The minimum Gasteiger partial charge on any atom is -0.436 e. The highest BCUT2D eigenvalue weighted by molar-refractivity contribution is 5.92. The number of hydrogen-bond acceptors (Lipinski definition) is 3. The third kappa shape index (κ3) is 1.64. The molecule has 4 aromatic rings. The van der Waals surface area contributed by atoms with Gasteiger partial charge in [0.15, 0.2) is 5.58 Å². The van der Waals surface area contributed by atoms with Crippen LogP contribution in [0.2, 0.25) is 0 Å². The fourth-order valence-corrected chi connectivity index (χ4v) is 2.43. The normalized spacial score (nSPS) is 11.2. The molecule has 20 heavy (non-hydrogen) atoms. The van der Waals surface area contributed by atoms with Gasteiger partial charge in [0.2, 0.25) is 5.89 Å². The monoisotopic (exact) mass is 260 g/mol. The molecule has 3 aromatic carbocycles. The third-order valence-corrected chi connectivity index (χ3v) is 3.44. The van der Waals surface area contributed by atoms with Crippen LogP contribution >= 0.6 is 0 Å². The van der Waals surface area contributed by atoms with Gasteiger partial charge >= 0.3 is 0 Å². The third-order valence-electron chi connectivity index (χ3n) is 3.44. The maximum Gasteiger partial charge on any atom is 0.229 e. The second kappa shape index (κ2) is 4.10. The average Bonchev–Trinajstić information content (AvgIpc) is 2.90. The molecule has 1 heterocycles. The smallest absolute Gasteiger partial charge is 0.229 e. The molecule has 0 bridgehead atoms. The van der Waals surface area contributed by atoms with E-state index < -0.39 is 0 Å². The Labute approximate surface area is 115 Å². The summed E-state index contributed by atoms with van der Waals surface area (Å²) < 4.78 is 5.79. The molecule has 1 aromatic heterocycles. The lowest BCUT2D eigenvalue weighted by Crippen LogP contribution is -1.90. The van der Waals surface area contributed by atoms with Gasteiger partial charge in [-0.15, -0.1) is 0 Å². The van der Waals surface area contributed by atoms with Crippen molar-refractivity contribution in [3.05, 3.63) is 60.7 Å². The summed E-state index contributed by atoms with van der Waals surface area (Å²) in [6.07, 6.45) is 0. The minimum absolute atomic E-state index is 0.564. The second-order valence-corrected chi connectivity index (χ2v) is 4.77. The van der Waals surface area contributed by atoms with E-state index in [4.69, 9.17) is 10.2 Å². The largest absolute Gasteiger partial charge is 0.436 e. The molecule has 0 aliphatic carbocycles. The summed E-state index contributed by atoms with van der Waals surface area (Å²) in [6, 6.07) is 19.8. The van der Waals surface area contributed by atoms with Gasteiger partial charge in [0.05, 0.1) is 5.56 Å². The van der Waals surface area contributed by atoms with Gasteiger partial charge in [0.1, 0.15) is 5.52 Å². The summed E-state index contributed by atoms with van der Waals surface area (Å²) in [7, 11) is 0. The summed E-state index contributed by atoms with van der Waals surface area (Å²) in [6.45, 7) is 0. The van der Waals surface area contributed by atoms with Crippen molar-refractivity contribution in [3.8, 4) is 11.5 Å². The van der Waals surface area contributed by atoms with Gasteiger partial charge in [-0.2, -0.15) is 0 Å². The molecular formula is C17H12N2O. The number of oxazole rings is 1. The topological polar surface area (TPSA) is 52.0 Å². The average molecular weight is 260 g/mol. The van der Waals surface area contributed by atoms with Crippen LogP contribution in [0.4, 0.5) is 5.69 Å². The molecule has 0 amide bonds. The molecule has 0 spiro atoms. The summed E-state index contributed by atoms with van der Waals surface area (Å²) in [5, 5.41) is 2.24. The molecular weight excluding hydrogens is 248 g/mol. The van der Waals surface area contributed by atoms with Crippen LogP contribution in [0, 0.1) is 0 Å². The van der Waals surface area contributed by atoms with Gasteiger partial charge in [-0.25, -0.2) is 4.98 Å². The summed E-state index contributed by atoms with van der Waals surface area (Å²) in [4.78, 5) is 4.50. The van der Waals surface area contributed by atoms with Crippen molar-refractivity contribution in [1.29, 1.82) is 0 Å². The SMILES string of the molecule is Nc1cc2ccccc2cc1-c1nc2ccccc2o1. The van der Waals surface area contributed by atoms with Gasteiger partial charge in [-0.3, -0.25) is 0 Å². The molecule has 0 atom stereocenters. The summed E-state index contributed by atoms with van der Waals surface area (Å²) >= 11 is 0. The van der Waals surface area contributed by atoms with Crippen LogP contribution in [-0.4, -0.2) is 4.98 Å². The van der Waals surface area contributed by atoms with Crippen molar-refractivity contribution in [2.75, 3.05) is 5.73 Å². The predicted molar refractivity (Wildman–Crippen MR) is 81.4 cm³/mol. The number of aromatic nitrogens is 1. The first-order valence-corrected chi connectivity index (χ1v) is 6.45. The van der Waals surface area contributed by atoms with Crippen molar-refractivity contribution in [2.24, 2.45) is 0 Å². The highest BCUT2D eigenvalue weighted by Gasteiger charge is 2.11. The van der Waals surface area contributed by atoms with Gasteiger partial charge in [-0.05, 0) is 35.0 Å². The van der Waals surface area contributed by atoms with Crippen molar-refractivity contribution in [3.63, 3.8) is 0 Å². The van der Waals surface area contributed by atoms with Crippen LogP contribution in [0.5, 0.6) is 0 Å². The van der Waals surface area contributed by atoms with E-state index in [0.29, 0.717) is 11.6 Å². The number of nitrogens with zero attached hydrogens (tertiary/aromatic N) is 1. The van der Waals surface area contributed by atoms with Crippen molar-refractivity contribution < 1.29 is 4.42 Å². The number of nitrogens with two attached hydrogens (primary N) is 1. The summed E-state index contributed by atoms with van der Waals surface area (Å²) in [5.41, 5.74) is 9.27. The van der Waals surface area contributed by atoms with Crippen molar-refractivity contribution >= 4 is 27.6 Å². The molecule has 0 radical (unpaired) electrons. The van der Waals surface area contributed by atoms with Gasteiger partial charge in [-0.1, -0.05) is 36.4 Å². The maximum atomic E-state index is 6.14. The van der Waals surface area contributed by atoms with Gasteiger partial charge in [0.25, 0.3) is 0 Å². The highest BCUT2D eigenvalue weighted by Crippen LogP contribution is 2.31. The molecule has 0 unspecified atom stereocenters. The fraction of sp³-hybridized carbons (Fsp3) is 0. The van der Waals surface area contributed by atoms with E-state index in [9.17, 15) is 0 Å². The Hall–Kier alpha value is -2.81. The Morgan fingerprint density at radius 3 is 2.35 bits per heavy atom. The second-order valence-electron chi connectivity index (χ2n) is 4.77. The number of anilines is 1. The number of benzene rings is 3. The van der Waals surface area contributed by atoms with Crippen LogP contribution in [0.15, 0.2) is 65.1 Å². The first kappa shape index (κ1) is 11.1. The zero-order valence-electron chi connectivity index (χ0n) is 10.7. The molecule has 0 fully saturated rings. The first-order valence-electron chi connectivity index (χ1n) is 6.45. The van der Waals surface area contributed by atoms with Crippen LogP contribution < -0.4 is 5.73 Å². The zero-order valence-corrected chi connectivity index (χ0v) is 10.7. The number of para-hydroxylation sites is 2. The molecule has 2 N–H and O–H groups in total. The Kier molecular flexibility index (Phi) is 2.27. The van der Waals surface area contributed by atoms with E-state index in [0.717, 1.165) is 27.4 Å². The lowest BCUT2D eigenvalue weighted by molar-refractivity contribution is 0.620. The molecule has 96 valence electrons. The van der Waals surface area contributed by atoms with E-state index in [2.05, 4.69) is 11.1 Å². The molecule has 0 saturated carbocycles. The van der Waals surface area contributed by atoms with E-state index in [1.807, 2.05) is 54.6 Å². The van der Waals surface area contributed by atoms with Gasteiger partial charge < -0.3 is 10.2 Å². The zero-order chi connectivity index (χ0) is 13.5. The highest BCUT2D eigenvalue weighted by atomic mass is 16.3. The Morgan fingerprint density at radius 1 is 0.850 bits per heavy atom. The van der Waals surface area contributed by atoms with E-state index in [-0.39, 0.29) is 0 Å². The van der Waals surface area contributed by atoms with Crippen LogP contribution in [-0.2, 0) is 0 Å². The quantitative estimate of drug-likeness (QED) is 0.521.